The average Bonchev–Trinajstić information content (AvgIpc) is 3.05. The highest BCUT2D eigenvalue weighted by molar-refractivity contribution is 5.96. The molecule has 1 amide bonds. The summed E-state index contributed by atoms with van der Waals surface area (Å²) in [5.74, 6) is -1.02. The lowest BCUT2D eigenvalue weighted by molar-refractivity contribution is -0.137. The van der Waals surface area contributed by atoms with Gasteiger partial charge in [-0.3, -0.25) is 9.59 Å². The Kier molecular flexibility index (Phi) is 5.91. The summed E-state index contributed by atoms with van der Waals surface area (Å²) in [7, 11) is 1.52. The number of benzene rings is 1. The molecule has 1 aliphatic rings. The largest absolute Gasteiger partial charge is 0.480 e. The van der Waals surface area contributed by atoms with Gasteiger partial charge >= 0.3 is 5.97 Å². The lowest BCUT2D eigenvalue weighted by Gasteiger charge is -2.21. The number of carboxylic acid groups (broad SMARTS) is 1. The predicted octanol–water partition coefficient (Wildman–Crippen LogP) is 1.36. The molecule has 6 nitrogen and oxygen atoms in total. The van der Waals surface area contributed by atoms with Gasteiger partial charge in [-0.15, -0.1) is 0 Å². The van der Waals surface area contributed by atoms with Crippen LogP contribution in [0.25, 0.3) is 0 Å². The molecule has 1 aromatic carbocycles. The molecular formula is C16H21NO5. The number of hydrogen-bond acceptors (Lipinski definition) is 4. The summed E-state index contributed by atoms with van der Waals surface area (Å²) >= 11 is 0. The smallest absolute Gasteiger partial charge is 0.323 e. The van der Waals surface area contributed by atoms with Crippen LogP contribution in [0.15, 0.2) is 24.3 Å². The van der Waals surface area contributed by atoms with Gasteiger partial charge in [0.05, 0.1) is 13.2 Å². The Hall–Kier alpha value is -1.92. The van der Waals surface area contributed by atoms with E-state index in [-0.39, 0.29) is 19.0 Å². The van der Waals surface area contributed by atoms with Gasteiger partial charge in [-0.2, -0.15) is 0 Å². The monoisotopic (exact) mass is 307 g/mol. The number of carboxylic acids is 1. The second-order valence-electron chi connectivity index (χ2n) is 5.30. The highest BCUT2D eigenvalue weighted by atomic mass is 16.5. The van der Waals surface area contributed by atoms with Crippen LogP contribution in [0.1, 0.15) is 28.3 Å². The van der Waals surface area contributed by atoms with Crippen molar-refractivity contribution in [1.82, 2.24) is 4.90 Å². The van der Waals surface area contributed by atoms with Crippen LogP contribution in [0, 0.1) is 0 Å². The highest BCUT2D eigenvalue weighted by Gasteiger charge is 2.21. The zero-order chi connectivity index (χ0) is 15.9. The first-order valence-electron chi connectivity index (χ1n) is 7.29. The van der Waals surface area contributed by atoms with E-state index >= 15 is 0 Å². The normalized spacial score (nSPS) is 17.4. The number of amides is 1. The Morgan fingerprint density at radius 2 is 2.27 bits per heavy atom. The van der Waals surface area contributed by atoms with Crippen molar-refractivity contribution in [2.24, 2.45) is 0 Å². The van der Waals surface area contributed by atoms with Crippen LogP contribution in [0.5, 0.6) is 0 Å². The highest BCUT2D eigenvalue weighted by Crippen LogP contribution is 2.25. The number of nitrogens with zero attached hydrogens (tertiary/aromatic N) is 1. The molecule has 120 valence electrons. The molecule has 1 heterocycles. The third-order valence-corrected chi connectivity index (χ3v) is 3.71. The van der Waals surface area contributed by atoms with E-state index in [4.69, 9.17) is 14.6 Å². The van der Waals surface area contributed by atoms with Crippen LogP contribution < -0.4 is 0 Å². The fourth-order valence-electron chi connectivity index (χ4n) is 2.52. The van der Waals surface area contributed by atoms with Crippen molar-refractivity contribution in [1.29, 1.82) is 0 Å². The molecule has 0 aromatic heterocycles. The summed E-state index contributed by atoms with van der Waals surface area (Å²) in [6.07, 6.45) is 0.945. The first kappa shape index (κ1) is 16.5. The van der Waals surface area contributed by atoms with Crippen molar-refractivity contribution in [3.05, 3.63) is 35.4 Å². The fourth-order valence-corrected chi connectivity index (χ4v) is 2.52. The van der Waals surface area contributed by atoms with Crippen molar-refractivity contribution in [3.63, 3.8) is 0 Å². The van der Waals surface area contributed by atoms with Crippen molar-refractivity contribution in [3.8, 4) is 0 Å². The van der Waals surface area contributed by atoms with E-state index in [1.807, 2.05) is 18.2 Å². The Bertz CT molecular complexity index is 525. The Morgan fingerprint density at radius 3 is 2.91 bits per heavy atom. The average molecular weight is 307 g/mol. The van der Waals surface area contributed by atoms with Crippen molar-refractivity contribution < 1.29 is 24.2 Å². The Labute approximate surface area is 129 Å². The number of aliphatic carboxylic acids is 1. The third kappa shape index (κ3) is 4.29. The maximum absolute atomic E-state index is 12.5. The van der Waals surface area contributed by atoms with Gasteiger partial charge in [0.2, 0.25) is 0 Å². The SMILES string of the molecule is COCCN(CC(=O)O)C(=O)c1cccc(C2CCOC2)c1. The number of carbonyl (C=O) groups is 2. The van der Waals surface area contributed by atoms with Crippen molar-refractivity contribution >= 4 is 11.9 Å². The molecule has 1 unspecified atom stereocenters. The standard InChI is InChI=1S/C16H21NO5/c1-21-8-6-17(10-15(18)19)16(20)13-4-2-3-12(9-13)14-5-7-22-11-14/h2-4,9,14H,5-8,10-11H2,1H3,(H,18,19). The zero-order valence-corrected chi connectivity index (χ0v) is 12.7. The van der Waals surface area contributed by atoms with Gasteiger partial charge in [0.15, 0.2) is 0 Å². The summed E-state index contributed by atoms with van der Waals surface area (Å²) < 4.78 is 10.3. The van der Waals surface area contributed by atoms with Gasteiger partial charge in [-0.25, -0.2) is 0 Å². The maximum atomic E-state index is 12.5. The fraction of sp³-hybridized carbons (Fsp3) is 0.500. The van der Waals surface area contributed by atoms with Crippen LogP contribution in [-0.2, 0) is 14.3 Å². The molecular weight excluding hydrogens is 286 g/mol. The van der Waals surface area contributed by atoms with Gasteiger partial charge in [0, 0.05) is 31.7 Å². The van der Waals surface area contributed by atoms with Crippen LogP contribution in [0.4, 0.5) is 0 Å². The molecule has 2 rings (SSSR count). The Morgan fingerprint density at radius 1 is 1.45 bits per heavy atom. The summed E-state index contributed by atoms with van der Waals surface area (Å²) in [6, 6.07) is 7.36. The molecule has 6 heteroatoms. The summed E-state index contributed by atoms with van der Waals surface area (Å²) in [5, 5.41) is 8.95. The number of carbonyl (C=O) groups excluding carboxylic acids is 1. The first-order valence-corrected chi connectivity index (χ1v) is 7.29. The summed E-state index contributed by atoms with van der Waals surface area (Å²) in [4.78, 5) is 24.8. The summed E-state index contributed by atoms with van der Waals surface area (Å²) in [5.41, 5.74) is 1.56. The number of ether oxygens (including phenoxy) is 2. The van der Waals surface area contributed by atoms with Crippen LogP contribution in [-0.4, -0.2) is 61.9 Å². The molecule has 1 aromatic rings. The number of hydrogen-bond donors (Lipinski definition) is 1. The summed E-state index contributed by atoms with van der Waals surface area (Å²) in [6.45, 7) is 1.62. The quantitative estimate of drug-likeness (QED) is 0.823. The van der Waals surface area contributed by atoms with E-state index in [0.29, 0.717) is 24.7 Å². The molecule has 22 heavy (non-hydrogen) atoms. The second-order valence-corrected chi connectivity index (χ2v) is 5.30. The molecule has 0 radical (unpaired) electrons. The molecule has 0 spiro atoms. The zero-order valence-electron chi connectivity index (χ0n) is 12.7. The van der Waals surface area contributed by atoms with Crippen molar-refractivity contribution in [2.75, 3.05) is 40.0 Å². The van der Waals surface area contributed by atoms with E-state index in [1.54, 1.807) is 6.07 Å². The molecule has 1 atom stereocenters. The lowest BCUT2D eigenvalue weighted by Crippen LogP contribution is -2.38. The maximum Gasteiger partial charge on any atom is 0.323 e. The molecule has 1 fully saturated rings. The minimum Gasteiger partial charge on any atom is -0.480 e. The molecule has 0 aliphatic carbocycles. The first-order chi connectivity index (χ1) is 10.6. The Balaban J connectivity index is 2.14. The van der Waals surface area contributed by atoms with Gasteiger partial charge in [-0.05, 0) is 24.1 Å². The molecule has 0 saturated carbocycles. The lowest BCUT2D eigenvalue weighted by atomic mass is 9.96. The van der Waals surface area contributed by atoms with E-state index in [1.165, 1.54) is 12.0 Å². The van der Waals surface area contributed by atoms with Gasteiger partial charge in [0.1, 0.15) is 6.54 Å². The van der Waals surface area contributed by atoms with E-state index in [2.05, 4.69) is 0 Å². The topological polar surface area (TPSA) is 76.1 Å². The van der Waals surface area contributed by atoms with Crippen molar-refractivity contribution in [2.45, 2.75) is 12.3 Å². The van der Waals surface area contributed by atoms with E-state index in [9.17, 15) is 9.59 Å². The van der Waals surface area contributed by atoms with Gasteiger partial charge in [0.25, 0.3) is 5.91 Å². The van der Waals surface area contributed by atoms with Gasteiger partial charge < -0.3 is 19.5 Å². The second kappa shape index (κ2) is 7.91. The van der Waals surface area contributed by atoms with Crippen LogP contribution >= 0.6 is 0 Å². The third-order valence-electron chi connectivity index (χ3n) is 3.71. The van der Waals surface area contributed by atoms with E-state index < -0.39 is 5.97 Å². The number of rotatable bonds is 7. The van der Waals surface area contributed by atoms with Crippen LogP contribution in [0.2, 0.25) is 0 Å². The minimum absolute atomic E-state index is 0.248. The minimum atomic E-state index is -1.04. The van der Waals surface area contributed by atoms with E-state index in [0.717, 1.165) is 18.6 Å². The molecule has 1 aliphatic heterocycles. The molecule has 1 saturated heterocycles. The molecule has 0 bridgehead atoms. The number of methoxy groups -OCH3 is 1. The van der Waals surface area contributed by atoms with Gasteiger partial charge in [-0.1, -0.05) is 12.1 Å². The molecule has 1 N–H and O–H groups in total. The van der Waals surface area contributed by atoms with Crippen LogP contribution in [0.3, 0.4) is 0 Å². The predicted molar refractivity (Wildman–Crippen MR) is 80.0 cm³/mol.